The molecule has 2 aromatic rings. The van der Waals surface area contributed by atoms with Gasteiger partial charge >= 0.3 is 0 Å². The van der Waals surface area contributed by atoms with E-state index in [1.54, 1.807) is 24.3 Å². The van der Waals surface area contributed by atoms with Gasteiger partial charge in [0.1, 0.15) is 12.0 Å². The highest BCUT2D eigenvalue weighted by Gasteiger charge is 2.20. The molecule has 0 amide bonds. The van der Waals surface area contributed by atoms with Gasteiger partial charge in [-0.1, -0.05) is 11.8 Å². The minimum absolute atomic E-state index is 0.634. The summed E-state index contributed by atoms with van der Waals surface area (Å²) in [6, 6.07) is 7.04. The van der Waals surface area contributed by atoms with Crippen LogP contribution in [0.5, 0.6) is 11.6 Å². The maximum absolute atomic E-state index is 10.6. The summed E-state index contributed by atoms with van der Waals surface area (Å²) in [7, 11) is 0. The van der Waals surface area contributed by atoms with Crippen LogP contribution in [-0.4, -0.2) is 22.5 Å². The van der Waals surface area contributed by atoms with Gasteiger partial charge in [-0.2, -0.15) is 4.98 Å². The number of thioether (sulfide) groups is 1. The molecule has 0 fully saturated rings. The molecule has 102 valence electrons. The highest BCUT2D eigenvalue weighted by atomic mass is 32.2. The zero-order valence-electron chi connectivity index (χ0n) is 11.1. The van der Waals surface area contributed by atoms with E-state index in [1.165, 1.54) is 11.8 Å². The van der Waals surface area contributed by atoms with E-state index in [1.807, 2.05) is 6.26 Å². The Bertz CT molecular complexity index is 641. The van der Waals surface area contributed by atoms with E-state index in [-0.39, 0.29) is 0 Å². The smallest absolute Gasteiger partial charge is 0.226 e. The second-order valence-corrected chi connectivity index (χ2v) is 5.36. The minimum Gasteiger partial charge on any atom is -0.439 e. The summed E-state index contributed by atoms with van der Waals surface area (Å²) >= 11 is 1.52. The van der Waals surface area contributed by atoms with Crippen LogP contribution in [0.25, 0.3) is 0 Å². The number of ether oxygens (including phenoxy) is 1. The van der Waals surface area contributed by atoms with Gasteiger partial charge in [-0.25, -0.2) is 4.98 Å². The molecule has 4 nitrogen and oxygen atoms in total. The van der Waals surface area contributed by atoms with E-state index in [0.29, 0.717) is 17.2 Å². The summed E-state index contributed by atoms with van der Waals surface area (Å²) in [5.74, 6) is 1.34. The third kappa shape index (κ3) is 2.54. The van der Waals surface area contributed by atoms with Crippen LogP contribution in [0.2, 0.25) is 0 Å². The Morgan fingerprint density at radius 1 is 1.20 bits per heavy atom. The van der Waals surface area contributed by atoms with E-state index in [4.69, 9.17) is 4.74 Å². The molecule has 1 aliphatic carbocycles. The van der Waals surface area contributed by atoms with E-state index < -0.39 is 0 Å². The average molecular weight is 286 g/mol. The second kappa shape index (κ2) is 5.63. The van der Waals surface area contributed by atoms with Gasteiger partial charge in [0.25, 0.3) is 0 Å². The van der Waals surface area contributed by atoms with Crippen molar-refractivity contribution >= 4 is 18.0 Å². The molecule has 0 unspecified atom stereocenters. The number of hydrogen-bond donors (Lipinski definition) is 0. The van der Waals surface area contributed by atoms with Gasteiger partial charge in [0.2, 0.25) is 5.88 Å². The number of carbonyl (C=O) groups excluding carboxylic acids is 1. The molecule has 0 saturated carbocycles. The zero-order chi connectivity index (χ0) is 13.9. The lowest BCUT2D eigenvalue weighted by Gasteiger charge is -2.10. The van der Waals surface area contributed by atoms with Crippen molar-refractivity contribution in [1.82, 2.24) is 9.97 Å². The second-order valence-electron chi connectivity index (χ2n) is 4.58. The van der Waals surface area contributed by atoms with Crippen molar-refractivity contribution in [2.45, 2.75) is 24.4 Å². The maximum Gasteiger partial charge on any atom is 0.226 e. The molecule has 5 heteroatoms. The van der Waals surface area contributed by atoms with Crippen LogP contribution in [0.4, 0.5) is 0 Å². The van der Waals surface area contributed by atoms with Crippen molar-refractivity contribution in [3.05, 3.63) is 41.1 Å². The van der Waals surface area contributed by atoms with Gasteiger partial charge in [0.15, 0.2) is 5.16 Å². The van der Waals surface area contributed by atoms with Crippen molar-refractivity contribution < 1.29 is 9.53 Å². The van der Waals surface area contributed by atoms with Gasteiger partial charge in [-0.05, 0) is 49.8 Å². The van der Waals surface area contributed by atoms with Gasteiger partial charge in [-0.15, -0.1) is 0 Å². The molecule has 20 heavy (non-hydrogen) atoms. The van der Waals surface area contributed by atoms with Crippen LogP contribution < -0.4 is 4.74 Å². The number of fused-ring (bicyclic) bond motifs is 1. The third-order valence-corrected chi connectivity index (χ3v) is 3.84. The highest BCUT2D eigenvalue weighted by Crippen LogP contribution is 2.32. The molecular weight excluding hydrogens is 272 g/mol. The highest BCUT2D eigenvalue weighted by molar-refractivity contribution is 7.98. The first-order valence-corrected chi connectivity index (χ1v) is 7.69. The fourth-order valence-corrected chi connectivity index (χ4v) is 2.65. The fourth-order valence-electron chi connectivity index (χ4n) is 2.28. The number of aldehydes is 1. The normalized spacial score (nSPS) is 13.1. The molecule has 1 aromatic carbocycles. The van der Waals surface area contributed by atoms with Crippen molar-refractivity contribution in [3.63, 3.8) is 0 Å². The molecule has 0 N–H and O–H groups in total. The van der Waals surface area contributed by atoms with Gasteiger partial charge in [0, 0.05) is 11.1 Å². The molecule has 0 atom stereocenters. The number of aromatic nitrogens is 2. The first-order chi connectivity index (χ1) is 9.80. The van der Waals surface area contributed by atoms with Crippen LogP contribution in [0.15, 0.2) is 29.4 Å². The monoisotopic (exact) mass is 286 g/mol. The molecule has 1 heterocycles. The van der Waals surface area contributed by atoms with Gasteiger partial charge in [-0.3, -0.25) is 4.79 Å². The largest absolute Gasteiger partial charge is 0.439 e. The van der Waals surface area contributed by atoms with Crippen LogP contribution in [0, 0.1) is 0 Å². The molecule has 0 bridgehead atoms. The number of aryl methyl sites for hydroxylation is 1. The van der Waals surface area contributed by atoms with E-state index in [0.717, 1.165) is 42.0 Å². The van der Waals surface area contributed by atoms with Crippen molar-refractivity contribution in [2.24, 2.45) is 0 Å². The Morgan fingerprint density at radius 3 is 2.70 bits per heavy atom. The van der Waals surface area contributed by atoms with Crippen molar-refractivity contribution in [2.75, 3.05) is 6.26 Å². The molecular formula is C15H14N2O2S. The third-order valence-electron chi connectivity index (χ3n) is 3.29. The Hall–Kier alpha value is -1.88. The van der Waals surface area contributed by atoms with Crippen molar-refractivity contribution in [1.29, 1.82) is 0 Å². The van der Waals surface area contributed by atoms with Crippen LogP contribution in [-0.2, 0) is 12.8 Å². The lowest BCUT2D eigenvalue weighted by Crippen LogP contribution is -1.99. The Morgan fingerprint density at radius 2 is 2.00 bits per heavy atom. The lowest BCUT2D eigenvalue weighted by molar-refractivity contribution is 0.112. The predicted molar refractivity (Wildman–Crippen MR) is 77.7 cm³/mol. The zero-order valence-corrected chi connectivity index (χ0v) is 11.9. The summed E-state index contributed by atoms with van der Waals surface area (Å²) in [4.78, 5) is 19.6. The number of nitrogens with zero attached hydrogens (tertiary/aromatic N) is 2. The molecule has 1 aliphatic rings. The number of carbonyl (C=O) groups is 1. The average Bonchev–Trinajstić information content (AvgIpc) is 2.96. The SMILES string of the molecule is CSc1nc2c(c(Oc3ccc(C=O)cc3)n1)CCC2. The van der Waals surface area contributed by atoms with Crippen LogP contribution in [0.1, 0.15) is 28.0 Å². The molecule has 0 aliphatic heterocycles. The number of benzene rings is 1. The Kier molecular flexibility index (Phi) is 3.69. The van der Waals surface area contributed by atoms with Crippen LogP contribution in [0.3, 0.4) is 0 Å². The fraction of sp³-hybridized carbons (Fsp3) is 0.267. The van der Waals surface area contributed by atoms with E-state index in [2.05, 4.69) is 9.97 Å². The first-order valence-electron chi connectivity index (χ1n) is 6.47. The molecule has 0 saturated heterocycles. The van der Waals surface area contributed by atoms with Gasteiger partial charge in [0.05, 0.1) is 5.69 Å². The molecule has 1 aromatic heterocycles. The summed E-state index contributed by atoms with van der Waals surface area (Å²) in [5, 5.41) is 0.741. The quantitative estimate of drug-likeness (QED) is 0.490. The molecule has 3 rings (SSSR count). The van der Waals surface area contributed by atoms with Crippen LogP contribution >= 0.6 is 11.8 Å². The summed E-state index contributed by atoms with van der Waals surface area (Å²) < 4.78 is 5.88. The Balaban J connectivity index is 1.93. The minimum atomic E-state index is 0.634. The predicted octanol–water partition coefficient (Wildman–Crippen LogP) is 3.29. The first kappa shape index (κ1) is 13.1. The standard InChI is InChI=1S/C15H14N2O2S/c1-20-15-16-13-4-2-3-12(13)14(17-15)19-11-7-5-10(9-18)6-8-11/h5-9H,2-4H2,1H3. The maximum atomic E-state index is 10.6. The topological polar surface area (TPSA) is 52.1 Å². The number of hydrogen-bond acceptors (Lipinski definition) is 5. The number of rotatable bonds is 4. The summed E-state index contributed by atoms with van der Waals surface area (Å²) in [5.41, 5.74) is 2.85. The van der Waals surface area contributed by atoms with E-state index >= 15 is 0 Å². The van der Waals surface area contributed by atoms with Gasteiger partial charge < -0.3 is 4.74 Å². The molecule has 0 spiro atoms. The van der Waals surface area contributed by atoms with E-state index in [9.17, 15) is 4.79 Å². The summed E-state index contributed by atoms with van der Waals surface area (Å²) in [6.07, 6.45) is 5.83. The Labute approximate surface area is 121 Å². The molecule has 0 radical (unpaired) electrons. The lowest BCUT2D eigenvalue weighted by atomic mass is 10.2. The van der Waals surface area contributed by atoms with Crippen molar-refractivity contribution in [3.8, 4) is 11.6 Å². The summed E-state index contributed by atoms with van der Waals surface area (Å²) in [6.45, 7) is 0.